The molecule has 0 radical (unpaired) electrons. The van der Waals surface area contributed by atoms with Gasteiger partial charge in [-0.3, -0.25) is 0 Å². The van der Waals surface area contributed by atoms with E-state index in [0.717, 1.165) is 26.1 Å². The van der Waals surface area contributed by atoms with Crippen molar-refractivity contribution in [2.75, 3.05) is 13.2 Å². The number of hydrogen-bond donors (Lipinski definition) is 0. The van der Waals surface area contributed by atoms with Crippen LogP contribution in [0, 0.1) is 5.92 Å². The third-order valence-electron chi connectivity index (χ3n) is 4.21. The molecule has 2 heterocycles. The zero-order valence-corrected chi connectivity index (χ0v) is 10.3. The zero-order valence-electron chi connectivity index (χ0n) is 10.3. The largest absolute Gasteiger partial charge is 0.378 e. The monoisotopic (exact) mass is 232 g/mol. The fourth-order valence-electron chi connectivity index (χ4n) is 3.24. The molecule has 0 bridgehead atoms. The van der Waals surface area contributed by atoms with Gasteiger partial charge in [-0.2, -0.15) is 0 Å². The molecule has 92 valence electrons. The summed E-state index contributed by atoms with van der Waals surface area (Å²) in [6, 6.07) is 10.7. The molecular weight excluding hydrogens is 212 g/mol. The molecule has 0 spiro atoms. The van der Waals surface area contributed by atoms with Crippen molar-refractivity contribution < 1.29 is 9.47 Å². The number of benzene rings is 1. The van der Waals surface area contributed by atoms with Gasteiger partial charge in [0.15, 0.2) is 0 Å². The maximum atomic E-state index is 6.03. The van der Waals surface area contributed by atoms with Crippen LogP contribution in [0.25, 0.3) is 0 Å². The van der Waals surface area contributed by atoms with Crippen LogP contribution in [0.2, 0.25) is 0 Å². The molecule has 0 saturated carbocycles. The Morgan fingerprint density at radius 1 is 1.06 bits per heavy atom. The first-order valence-corrected chi connectivity index (χ1v) is 6.64. The van der Waals surface area contributed by atoms with Crippen LogP contribution in [0.3, 0.4) is 0 Å². The molecule has 2 aliphatic heterocycles. The molecule has 0 aromatic heterocycles. The Kier molecular flexibility index (Phi) is 3.17. The third kappa shape index (κ3) is 2.12. The quantitative estimate of drug-likeness (QED) is 0.780. The molecule has 0 amide bonds. The second-order valence-corrected chi connectivity index (χ2v) is 5.19. The summed E-state index contributed by atoms with van der Waals surface area (Å²) in [5.41, 5.74) is 1.38. The standard InChI is InChI=1S/C15H20O2/c1-11(12-5-3-2-4-6-12)15-13-7-9-16-14(13)8-10-17-15/h2-6,11,13-15H,7-10H2,1H3/t11?,13-,14-,15-/m0/s1. The van der Waals surface area contributed by atoms with Gasteiger partial charge in [0.2, 0.25) is 0 Å². The molecule has 0 N–H and O–H groups in total. The lowest BCUT2D eigenvalue weighted by Crippen LogP contribution is -2.40. The highest BCUT2D eigenvalue weighted by molar-refractivity contribution is 5.20. The van der Waals surface area contributed by atoms with Crippen molar-refractivity contribution in [1.29, 1.82) is 0 Å². The van der Waals surface area contributed by atoms with E-state index in [0.29, 0.717) is 24.0 Å². The van der Waals surface area contributed by atoms with E-state index in [1.807, 2.05) is 0 Å². The van der Waals surface area contributed by atoms with Gasteiger partial charge in [0.1, 0.15) is 0 Å². The Bertz CT molecular complexity index is 362. The smallest absolute Gasteiger partial charge is 0.0694 e. The normalized spacial score (nSPS) is 34.3. The van der Waals surface area contributed by atoms with Gasteiger partial charge in [-0.05, 0) is 18.4 Å². The fourth-order valence-corrected chi connectivity index (χ4v) is 3.24. The van der Waals surface area contributed by atoms with Crippen molar-refractivity contribution in [2.24, 2.45) is 5.92 Å². The Hall–Kier alpha value is -0.860. The number of hydrogen-bond acceptors (Lipinski definition) is 2. The summed E-state index contributed by atoms with van der Waals surface area (Å²) >= 11 is 0. The van der Waals surface area contributed by atoms with Crippen LogP contribution in [0.4, 0.5) is 0 Å². The summed E-state index contributed by atoms with van der Waals surface area (Å²) in [7, 11) is 0. The van der Waals surface area contributed by atoms with Crippen molar-refractivity contribution in [3.8, 4) is 0 Å². The van der Waals surface area contributed by atoms with Crippen LogP contribution in [0.5, 0.6) is 0 Å². The van der Waals surface area contributed by atoms with Crippen LogP contribution in [0.1, 0.15) is 31.2 Å². The zero-order chi connectivity index (χ0) is 11.7. The molecule has 2 nitrogen and oxygen atoms in total. The average Bonchev–Trinajstić information content (AvgIpc) is 2.87. The molecule has 0 aliphatic carbocycles. The van der Waals surface area contributed by atoms with Crippen LogP contribution >= 0.6 is 0 Å². The number of rotatable bonds is 2. The summed E-state index contributed by atoms with van der Waals surface area (Å²) in [6.07, 6.45) is 3.01. The summed E-state index contributed by atoms with van der Waals surface area (Å²) in [5.74, 6) is 1.06. The first-order valence-electron chi connectivity index (χ1n) is 6.64. The molecule has 3 rings (SSSR count). The highest BCUT2D eigenvalue weighted by Gasteiger charge is 2.41. The van der Waals surface area contributed by atoms with Crippen LogP contribution < -0.4 is 0 Å². The first-order chi connectivity index (χ1) is 8.36. The van der Waals surface area contributed by atoms with E-state index in [4.69, 9.17) is 9.47 Å². The van der Waals surface area contributed by atoms with Gasteiger partial charge in [0.05, 0.1) is 12.2 Å². The number of ether oxygens (including phenoxy) is 2. The van der Waals surface area contributed by atoms with Crippen molar-refractivity contribution in [2.45, 2.75) is 37.9 Å². The molecule has 2 heteroatoms. The highest BCUT2D eigenvalue weighted by Crippen LogP contribution is 2.38. The lowest BCUT2D eigenvalue weighted by atomic mass is 9.81. The van der Waals surface area contributed by atoms with Crippen molar-refractivity contribution in [3.63, 3.8) is 0 Å². The van der Waals surface area contributed by atoms with Gasteiger partial charge < -0.3 is 9.47 Å². The molecule has 1 aromatic carbocycles. The second kappa shape index (κ2) is 4.79. The van der Waals surface area contributed by atoms with E-state index in [1.54, 1.807) is 0 Å². The maximum absolute atomic E-state index is 6.03. The Labute approximate surface area is 103 Å². The molecule has 2 fully saturated rings. The minimum Gasteiger partial charge on any atom is -0.378 e. The summed E-state index contributed by atoms with van der Waals surface area (Å²) < 4.78 is 11.8. The topological polar surface area (TPSA) is 18.5 Å². The minimum absolute atomic E-state index is 0.332. The molecule has 1 unspecified atom stereocenters. The highest BCUT2D eigenvalue weighted by atomic mass is 16.5. The minimum atomic E-state index is 0.332. The van der Waals surface area contributed by atoms with Crippen LogP contribution in [0.15, 0.2) is 30.3 Å². The van der Waals surface area contributed by atoms with Crippen molar-refractivity contribution in [1.82, 2.24) is 0 Å². The predicted molar refractivity (Wildman–Crippen MR) is 67.1 cm³/mol. The fraction of sp³-hybridized carbons (Fsp3) is 0.600. The second-order valence-electron chi connectivity index (χ2n) is 5.19. The van der Waals surface area contributed by atoms with Gasteiger partial charge >= 0.3 is 0 Å². The molecule has 1 aromatic rings. The van der Waals surface area contributed by atoms with E-state index in [9.17, 15) is 0 Å². The molecular formula is C15H20O2. The van der Waals surface area contributed by atoms with E-state index in [1.165, 1.54) is 5.56 Å². The molecule has 4 atom stereocenters. The van der Waals surface area contributed by atoms with Gasteiger partial charge in [0.25, 0.3) is 0 Å². The number of fused-ring (bicyclic) bond motifs is 1. The summed E-state index contributed by atoms with van der Waals surface area (Å²) in [6.45, 7) is 4.04. The van der Waals surface area contributed by atoms with Gasteiger partial charge in [0, 0.05) is 25.0 Å². The van der Waals surface area contributed by atoms with Gasteiger partial charge in [-0.25, -0.2) is 0 Å². The molecule has 2 saturated heterocycles. The maximum Gasteiger partial charge on any atom is 0.0694 e. The van der Waals surface area contributed by atoms with E-state index < -0.39 is 0 Å². The van der Waals surface area contributed by atoms with Gasteiger partial charge in [-0.15, -0.1) is 0 Å². The van der Waals surface area contributed by atoms with Gasteiger partial charge in [-0.1, -0.05) is 37.3 Å². The third-order valence-corrected chi connectivity index (χ3v) is 4.21. The Morgan fingerprint density at radius 3 is 2.65 bits per heavy atom. The molecule has 17 heavy (non-hydrogen) atoms. The van der Waals surface area contributed by atoms with Crippen LogP contribution in [-0.2, 0) is 9.47 Å². The van der Waals surface area contributed by atoms with Crippen LogP contribution in [-0.4, -0.2) is 25.4 Å². The Morgan fingerprint density at radius 2 is 1.82 bits per heavy atom. The average molecular weight is 232 g/mol. The lowest BCUT2D eigenvalue weighted by molar-refractivity contribution is -0.0827. The first kappa shape index (κ1) is 11.2. The predicted octanol–water partition coefficient (Wildman–Crippen LogP) is 2.98. The lowest BCUT2D eigenvalue weighted by Gasteiger charge is -2.36. The van der Waals surface area contributed by atoms with E-state index in [2.05, 4.69) is 37.3 Å². The SMILES string of the molecule is CC(c1ccccc1)[C@@H]1OCC[C@@H]2OCC[C@@H]21. The Balaban J connectivity index is 1.79. The summed E-state index contributed by atoms with van der Waals surface area (Å²) in [5, 5.41) is 0. The van der Waals surface area contributed by atoms with Crippen molar-refractivity contribution >= 4 is 0 Å². The summed E-state index contributed by atoms with van der Waals surface area (Å²) in [4.78, 5) is 0. The van der Waals surface area contributed by atoms with E-state index in [-0.39, 0.29) is 0 Å². The molecule has 2 aliphatic rings. The van der Waals surface area contributed by atoms with E-state index >= 15 is 0 Å². The van der Waals surface area contributed by atoms with Crippen molar-refractivity contribution in [3.05, 3.63) is 35.9 Å².